The van der Waals surface area contributed by atoms with Gasteiger partial charge in [-0.2, -0.15) is 4.99 Å². The van der Waals surface area contributed by atoms with Gasteiger partial charge in [0, 0.05) is 17.0 Å². The van der Waals surface area contributed by atoms with Gasteiger partial charge in [0.05, 0.1) is 4.91 Å². The largest absolute Gasteiger partial charge is 0.488 e. The Bertz CT molecular complexity index is 1210. The van der Waals surface area contributed by atoms with Crippen LogP contribution >= 0.6 is 27.7 Å². The Labute approximate surface area is 186 Å². The highest BCUT2D eigenvalue weighted by Crippen LogP contribution is 2.32. The fourth-order valence-corrected chi connectivity index (χ4v) is 4.32. The van der Waals surface area contributed by atoms with E-state index in [4.69, 9.17) is 4.74 Å². The maximum Gasteiger partial charge on any atom is 0.286 e. The standard InChI is InChI=1S/C23H17BrN2O3S/c1-14(27)25-23-26-22(28)21(30-23)12-17-11-18(24)9-10-20(17)29-13-16-7-4-6-15-5-2-3-8-19(15)16/h2-12H,13H2,1H3,(H,25,26,27,28)/b21-12-. The topological polar surface area (TPSA) is 67.8 Å². The molecule has 0 aromatic heterocycles. The van der Waals surface area contributed by atoms with Gasteiger partial charge in [-0.05, 0) is 52.4 Å². The van der Waals surface area contributed by atoms with Gasteiger partial charge in [0.15, 0.2) is 5.17 Å². The van der Waals surface area contributed by atoms with Crippen molar-refractivity contribution in [3.63, 3.8) is 0 Å². The summed E-state index contributed by atoms with van der Waals surface area (Å²) in [4.78, 5) is 27.7. The Balaban J connectivity index is 1.59. The molecule has 0 saturated heterocycles. The molecule has 1 N–H and O–H groups in total. The van der Waals surface area contributed by atoms with Crippen LogP contribution in [0.4, 0.5) is 0 Å². The molecule has 0 saturated carbocycles. The first-order chi connectivity index (χ1) is 14.5. The molecule has 0 spiro atoms. The van der Waals surface area contributed by atoms with Gasteiger partial charge < -0.3 is 10.1 Å². The number of carbonyl (C=O) groups is 2. The maximum absolute atomic E-state index is 12.2. The molecule has 0 radical (unpaired) electrons. The number of fused-ring (bicyclic) bond motifs is 1. The molecule has 0 atom stereocenters. The Morgan fingerprint density at radius 2 is 1.97 bits per heavy atom. The second kappa shape index (κ2) is 8.85. The third kappa shape index (κ3) is 4.63. The zero-order valence-electron chi connectivity index (χ0n) is 16.0. The van der Waals surface area contributed by atoms with Crippen LogP contribution in [0.25, 0.3) is 16.8 Å². The highest BCUT2D eigenvalue weighted by atomic mass is 79.9. The van der Waals surface area contributed by atoms with Gasteiger partial charge in [-0.3, -0.25) is 9.59 Å². The zero-order valence-corrected chi connectivity index (χ0v) is 18.4. The molecule has 5 nitrogen and oxygen atoms in total. The summed E-state index contributed by atoms with van der Waals surface area (Å²) in [6, 6.07) is 19.9. The van der Waals surface area contributed by atoms with Crippen molar-refractivity contribution >= 4 is 61.5 Å². The average Bonchev–Trinajstić information content (AvgIpc) is 3.05. The van der Waals surface area contributed by atoms with E-state index in [1.807, 2.05) is 42.5 Å². The number of carbonyl (C=O) groups excluding carboxylic acids is 2. The molecule has 1 heterocycles. The van der Waals surface area contributed by atoms with Crippen LogP contribution in [0.15, 0.2) is 75.0 Å². The third-order valence-electron chi connectivity index (χ3n) is 4.43. The molecule has 0 unspecified atom stereocenters. The van der Waals surface area contributed by atoms with Crippen molar-refractivity contribution in [2.45, 2.75) is 13.5 Å². The van der Waals surface area contributed by atoms with Crippen LogP contribution in [-0.2, 0) is 16.2 Å². The van der Waals surface area contributed by atoms with Crippen molar-refractivity contribution in [1.82, 2.24) is 5.32 Å². The molecule has 3 aromatic carbocycles. The van der Waals surface area contributed by atoms with Crippen LogP contribution in [0.1, 0.15) is 18.1 Å². The van der Waals surface area contributed by atoms with E-state index in [0.29, 0.717) is 17.3 Å². The van der Waals surface area contributed by atoms with Gasteiger partial charge in [0.2, 0.25) is 5.91 Å². The normalized spacial score (nSPS) is 14.8. The highest BCUT2D eigenvalue weighted by molar-refractivity contribution is 9.10. The van der Waals surface area contributed by atoms with Crippen molar-refractivity contribution in [3.05, 3.63) is 81.2 Å². The average molecular weight is 481 g/mol. The molecule has 1 aliphatic rings. The van der Waals surface area contributed by atoms with Gasteiger partial charge in [0.1, 0.15) is 12.4 Å². The summed E-state index contributed by atoms with van der Waals surface area (Å²) in [6.07, 6.45) is 1.73. The maximum atomic E-state index is 12.2. The second-order valence-corrected chi connectivity index (χ2v) is 8.57. The molecule has 3 aromatic rings. The minimum Gasteiger partial charge on any atom is -0.488 e. The summed E-state index contributed by atoms with van der Waals surface area (Å²) < 4.78 is 7.00. The molecule has 150 valence electrons. The first-order valence-electron chi connectivity index (χ1n) is 9.19. The van der Waals surface area contributed by atoms with Crippen molar-refractivity contribution in [2.75, 3.05) is 0 Å². The molecular formula is C23H17BrN2O3S. The number of thioether (sulfide) groups is 1. The van der Waals surface area contributed by atoms with E-state index in [2.05, 4.69) is 44.4 Å². The monoisotopic (exact) mass is 480 g/mol. The van der Waals surface area contributed by atoms with Crippen LogP contribution in [0, 0.1) is 0 Å². The summed E-state index contributed by atoms with van der Waals surface area (Å²) in [5, 5.41) is 5.14. The predicted molar refractivity (Wildman–Crippen MR) is 124 cm³/mol. The Morgan fingerprint density at radius 3 is 2.80 bits per heavy atom. The van der Waals surface area contributed by atoms with E-state index in [0.717, 1.165) is 38.1 Å². The number of ether oxygens (including phenoxy) is 1. The lowest BCUT2D eigenvalue weighted by molar-refractivity contribution is -0.117. The second-order valence-electron chi connectivity index (χ2n) is 6.62. The molecule has 1 aliphatic heterocycles. The van der Waals surface area contributed by atoms with E-state index in [-0.39, 0.29) is 17.0 Å². The molecule has 0 fully saturated rings. The molecule has 7 heteroatoms. The third-order valence-corrected chi connectivity index (χ3v) is 5.82. The Kier molecular flexibility index (Phi) is 6.01. The van der Waals surface area contributed by atoms with Gasteiger partial charge in [-0.1, -0.05) is 58.4 Å². The first kappa shape index (κ1) is 20.4. The summed E-state index contributed by atoms with van der Waals surface area (Å²) in [7, 11) is 0. The van der Waals surface area contributed by atoms with Crippen molar-refractivity contribution in [3.8, 4) is 5.75 Å². The van der Waals surface area contributed by atoms with Crippen molar-refractivity contribution in [1.29, 1.82) is 0 Å². The number of nitrogens with zero attached hydrogens (tertiary/aromatic N) is 1. The fraction of sp³-hybridized carbons (Fsp3) is 0.0870. The van der Waals surface area contributed by atoms with Gasteiger partial charge in [-0.25, -0.2) is 0 Å². The lowest BCUT2D eigenvalue weighted by atomic mass is 10.1. The number of nitrogens with one attached hydrogen (secondary N) is 1. The number of amides is 2. The number of halogens is 1. The van der Waals surface area contributed by atoms with E-state index in [1.54, 1.807) is 6.08 Å². The quantitative estimate of drug-likeness (QED) is 0.515. The lowest BCUT2D eigenvalue weighted by Crippen LogP contribution is -2.23. The number of hydrogen-bond donors (Lipinski definition) is 1. The fourth-order valence-electron chi connectivity index (χ4n) is 3.09. The number of rotatable bonds is 4. The van der Waals surface area contributed by atoms with Crippen LogP contribution in [-0.4, -0.2) is 17.0 Å². The summed E-state index contributed by atoms with van der Waals surface area (Å²) >= 11 is 4.60. The van der Waals surface area contributed by atoms with E-state index in [9.17, 15) is 9.59 Å². The number of amidine groups is 1. The number of aliphatic imine (C=N–C) groups is 1. The first-order valence-corrected chi connectivity index (χ1v) is 10.8. The van der Waals surface area contributed by atoms with Crippen LogP contribution in [0.2, 0.25) is 0 Å². The van der Waals surface area contributed by atoms with E-state index < -0.39 is 0 Å². The number of benzene rings is 3. The van der Waals surface area contributed by atoms with Gasteiger partial charge in [-0.15, -0.1) is 0 Å². The van der Waals surface area contributed by atoms with E-state index >= 15 is 0 Å². The van der Waals surface area contributed by atoms with Crippen molar-refractivity contribution < 1.29 is 14.3 Å². The van der Waals surface area contributed by atoms with Crippen LogP contribution in [0.5, 0.6) is 5.75 Å². The minimum absolute atomic E-state index is 0.267. The summed E-state index contributed by atoms with van der Waals surface area (Å²) in [6.45, 7) is 1.77. The van der Waals surface area contributed by atoms with Gasteiger partial charge >= 0.3 is 0 Å². The van der Waals surface area contributed by atoms with Crippen molar-refractivity contribution in [2.24, 2.45) is 4.99 Å². The molecule has 30 heavy (non-hydrogen) atoms. The Morgan fingerprint density at radius 1 is 1.17 bits per heavy atom. The minimum atomic E-state index is -0.385. The highest BCUT2D eigenvalue weighted by Gasteiger charge is 2.23. The Hall–Kier alpha value is -2.90. The van der Waals surface area contributed by atoms with Crippen LogP contribution in [0.3, 0.4) is 0 Å². The lowest BCUT2D eigenvalue weighted by Gasteiger charge is -2.12. The van der Waals surface area contributed by atoms with Crippen LogP contribution < -0.4 is 10.1 Å². The molecule has 0 bridgehead atoms. The summed E-state index contributed by atoms with van der Waals surface area (Å²) in [5.74, 6) is 0.000561. The smallest absolute Gasteiger partial charge is 0.286 e. The molecule has 0 aliphatic carbocycles. The molecule has 2 amide bonds. The van der Waals surface area contributed by atoms with E-state index in [1.165, 1.54) is 6.92 Å². The molecule has 4 rings (SSSR count). The summed E-state index contributed by atoms with van der Waals surface area (Å²) in [5.41, 5.74) is 1.83. The SMILES string of the molecule is CC(=O)NC1=NC(=O)/C(=C/c2cc(Br)ccc2OCc2cccc3ccccc23)S1. The predicted octanol–water partition coefficient (Wildman–Crippen LogP) is 5.29. The van der Waals surface area contributed by atoms with Gasteiger partial charge in [0.25, 0.3) is 5.91 Å². The molecular weight excluding hydrogens is 464 g/mol. The number of hydrogen-bond acceptors (Lipinski definition) is 4. The zero-order chi connectivity index (χ0) is 21.1.